The highest BCUT2D eigenvalue weighted by Crippen LogP contribution is 2.44. The molecule has 0 saturated carbocycles. The van der Waals surface area contributed by atoms with Crippen molar-refractivity contribution in [3.63, 3.8) is 0 Å². The fourth-order valence-corrected chi connectivity index (χ4v) is 5.49. The number of amides is 3. The van der Waals surface area contributed by atoms with Crippen LogP contribution in [-0.2, 0) is 10.2 Å². The minimum Gasteiger partial charge on any atom is -0.336 e. The molecule has 0 radical (unpaired) electrons. The van der Waals surface area contributed by atoms with Gasteiger partial charge in [0.1, 0.15) is 5.37 Å². The molecule has 0 spiro atoms. The molecule has 2 fully saturated rings. The van der Waals surface area contributed by atoms with Gasteiger partial charge in [-0.25, -0.2) is 4.79 Å². The van der Waals surface area contributed by atoms with Gasteiger partial charge in [0, 0.05) is 25.7 Å². The highest BCUT2D eigenvalue weighted by Gasteiger charge is 2.40. The Kier molecular flexibility index (Phi) is 7.05. The summed E-state index contributed by atoms with van der Waals surface area (Å²) >= 11 is 1.75. The predicted molar refractivity (Wildman–Crippen MR) is 125 cm³/mol. The van der Waals surface area contributed by atoms with Crippen molar-refractivity contribution in [2.75, 3.05) is 19.6 Å². The number of nitrogens with one attached hydrogen (secondary N) is 1. The van der Waals surface area contributed by atoms with Gasteiger partial charge < -0.3 is 15.1 Å². The zero-order valence-electron chi connectivity index (χ0n) is 19.3. The Morgan fingerprint density at radius 3 is 2.30 bits per heavy atom. The van der Waals surface area contributed by atoms with E-state index in [9.17, 15) is 9.59 Å². The normalized spacial score (nSPS) is 23.4. The summed E-state index contributed by atoms with van der Waals surface area (Å²) in [7, 11) is 0. The minimum absolute atomic E-state index is 0.00537. The monoisotopic (exact) mass is 431 g/mol. The lowest BCUT2D eigenvalue weighted by molar-refractivity contribution is -0.130. The van der Waals surface area contributed by atoms with Crippen LogP contribution < -0.4 is 5.32 Å². The van der Waals surface area contributed by atoms with E-state index >= 15 is 0 Å². The van der Waals surface area contributed by atoms with Crippen LogP contribution in [0.25, 0.3) is 0 Å². The lowest BCUT2D eigenvalue weighted by Crippen LogP contribution is -2.48. The van der Waals surface area contributed by atoms with Gasteiger partial charge in [-0.3, -0.25) is 4.79 Å². The van der Waals surface area contributed by atoms with E-state index in [-0.39, 0.29) is 34.0 Å². The number of urea groups is 1. The van der Waals surface area contributed by atoms with Crippen LogP contribution in [0.3, 0.4) is 0 Å². The smallest absolute Gasteiger partial charge is 0.317 e. The first-order chi connectivity index (χ1) is 14.1. The maximum Gasteiger partial charge on any atom is 0.317 e. The van der Waals surface area contributed by atoms with Crippen LogP contribution in [0.5, 0.6) is 0 Å². The number of hydrogen-bond donors (Lipinski definition) is 1. The van der Waals surface area contributed by atoms with Gasteiger partial charge in [0.2, 0.25) is 5.91 Å². The minimum atomic E-state index is -0.00537. The van der Waals surface area contributed by atoms with E-state index in [1.54, 1.807) is 11.8 Å². The molecule has 30 heavy (non-hydrogen) atoms. The second-order valence-corrected chi connectivity index (χ2v) is 11.5. The maximum atomic E-state index is 12.9. The van der Waals surface area contributed by atoms with Gasteiger partial charge >= 0.3 is 6.03 Å². The number of thioether (sulfide) groups is 1. The van der Waals surface area contributed by atoms with Crippen LogP contribution in [0.4, 0.5) is 4.79 Å². The van der Waals surface area contributed by atoms with Crippen LogP contribution in [0.1, 0.15) is 70.9 Å². The van der Waals surface area contributed by atoms with Crippen molar-refractivity contribution < 1.29 is 9.59 Å². The molecule has 0 bridgehead atoms. The van der Waals surface area contributed by atoms with Gasteiger partial charge in [-0.2, -0.15) is 0 Å². The number of carbonyl (C=O) groups excluding carboxylic acids is 2. The van der Waals surface area contributed by atoms with Gasteiger partial charge in [0.15, 0.2) is 0 Å². The number of nitrogens with zero attached hydrogens (tertiary/aromatic N) is 2. The summed E-state index contributed by atoms with van der Waals surface area (Å²) in [6.07, 6.45) is 1.90. The molecule has 5 nitrogen and oxygen atoms in total. The fraction of sp³-hybridized carbons (Fsp3) is 0.667. The van der Waals surface area contributed by atoms with Crippen LogP contribution in [0, 0.1) is 5.92 Å². The van der Waals surface area contributed by atoms with Crippen molar-refractivity contribution >= 4 is 23.7 Å². The third kappa shape index (κ3) is 5.32. The molecule has 0 aliphatic carbocycles. The second-order valence-electron chi connectivity index (χ2n) is 10.0. The molecular formula is C24H37N3O2S. The van der Waals surface area contributed by atoms with E-state index in [2.05, 4.69) is 55.3 Å². The molecule has 2 saturated heterocycles. The molecule has 1 N–H and O–H groups in total. The molecule has 2 aliphatic rings. The highest BCUT2D eigenvalue weighted by molar-refractivity contribution is 8.01. The number of benzene rings is 1. The predicted octanol–water partition coefficient (Wildman–Crippen LogP) is 4.78. The van der Waals surface area contributed by atoms with Gasteiger partial charge in [0.05, 0.1) is 5.25 Å². The summed E-state index contributed by atoms with van der Waals surface area (Å²) in [5.41, 5.74) is 2.65. The number of carbonyl (C=O) groups is 2. The Bertz CT molecular complexity index is 749. The van der Waals surface area contributed by atoms with E-state index in [0.29, 0.717) is 5.92 Å². The molecule has 3 amide bonds. The Hall–Kier alpha value is -1.69. The van der Waals surface area contributed by atoms with Crippen molar-refractivity contribution in [3.8, 4) is 0 Å². The number of rotatable bonds is 4. The lowest BCUT2D eigenvalue weighted by atomic mass is 9.86. The quantitative estimate of drug-likeness (QED) is 0.747. The van der Waals surface area contributed by atoms with Gasteiger partial charge in [0.25, 0.3) is 0 Å². The average Bonchev–Trinajstić information content (AvgIpc) is 2.96. The molecule has 2 aliphatic heterocycles. The van der Waals surface area contributed by atoms with Crippen molar-refractivity contribution in [2.45, 2.75) is 76.5 Å². The summed E-state index contributed by atoms with van der Waals surface area (Å²) in [5, 5.41) is 3.06. The van der Waals surface area contributed by atoms with E-state index < -0.39 is 0 Å². The number of hydrogen-bond acceptors (Lipinski definition) is 3. The van der Waals surface area contributed by atoms with Crippen molar-refractivity contribution in [1.29, 1.82) is 0 Å². The fourth-order valence-electron chi connectivity index (χ4n) is 4.20. The van der Waals surface area contributed by atoms with Crippen molar-refractivity contribution in [3.05, 3.63) is 35.4 Å². The maximum absolute atomic E-state index is 12.9. The summed E-state index contributed by atoms with van der Waals surface area (Å²) in [6, 6.07) is 8.97. The average molecular weight is 432 g/mol. The SMILES string of the molecule is CC(C)NC(=O)N1CCC(CN2C(=O)[C@@H](C)S[C@H]2c2ccc(C(C)(C)C)cc2)CC1. The van der Waals surface area contributed by atoms with E-state index in [1.807, 2.05) is 25.7 Å². The summed E-state index contributed by atoms with van der Waals surface area (Å²) in [4.78, 5) is 29.1. The van der Waals surface area contributed by atoms with Crippen LogP contribution >= 0.6 is 11.8 Å². The Morgan fingerprint density at radius 2 is 1.77 bits per heavy atom. The van der Waals surface area contributed by atoms with Crippen LogP contribution in [0.15, 0.2) is 24.3 Å². The molecule has 2 atom stereocenters. The molecule has 0 unspecified atom stereocenters. The molecule has 1 aromatic rings. The first kappa shape index (κ1) is 23.0. The van der Waals surface area contributed by atoms with Crippen molar-refractivity contribution in [1.82, 2.24) is 15.1 Å². The molecule has 0 aromatic heterocycles. The zero-order valence-corrected chi connectivity index (χ0v) is 20.1. The van der Waals surface area contributed by atoms with Crippen molar-refractivity contribution in [2.24, 2.45) is 5.92 Å². The Balaban J connectivity index is 1.64. The third-order valence-corrected chi connectivity index (χ3v) is 7.47. The summed E-state index contributed by atoms with van der Waals surface area (Å²) < 4.78 is 0. The van der Waals surface area contributed by atoms with E-state index in [1.165, 1.54) is 11.1 Å². The van der Waals surface area contributed by atoms with Crippen LogP contribution in [0.2, 0.25) is 0 Å². The zero-order chi connectivity index (χ0) is 22.1. The standard InChI is InChI=1S/C24H37N3O2S/c1-16(2)25-23(29)26-13-11-18(12-14-26)15-27-21(28)17(3)30-22(27)19-7-9-20(10-8-19)24(4,5)6/h7-10,16-18,22H,11-15H2,1-6H3,(H,25,29)/t17-,22+/m1/s1. The number of likely N-dealkylation sites (tertiary alicyclic amines) is 1. The third-order valence-electron chi connectivity index (χ3n) is 6.08. The lowest BCUT2D eigenvalue weighted by Gasteiger charge is -2.35. The largest absolute Gasteiger partial charge is 0.336 e. The second kappa shape index (κ2) is 9.21. The molecular weight excluding hydrogens is 394 g/mol. The molecule has 166 valence electrons. The van der Waals surface area contributed by atoms with E-state index in [0.717, 1.165) is 32.5 Å². The summed E-state index contributed by atoms with van der Waals surface area (Å²) in [6.45, 7) is 14.9. The van der Waals surface area contributed by atoms with Gasteiger partial charge in [-0.05, 0) is 56.1 Å². The molecule has 1 aromatic carbocycles. The first-order valence-corrected chi connectivity index (χ1v) is 12.1. The van der Waals surface area contributed by atoms with E-state index in [4.69, 9.17) is 0 Å². The summed E-state index contributed by atoms with van der Waals surface area (Å²) in [5.74, 6) is 0.684. The highest BCUT2D eigenvalue weighted by atomic mass is 32.2. The van der Waals surface area contributed by atoms with Gasteiger partial charge in [-0.1, -0.05) is 45.0 Å². The van der Waals surface area contributed by atoms with Gasteiger partial charge in [-0.15, -0.1) is 11.8 Å². The Morgan fingerprint density at radius 1 is 1.17 bits per heavy atom. The topological polar surface area (TPSA) is 52.7 Å². The Labute approximate surface area is 186 Å². The first-order valence-electron chi connectivity index (χ1n) is 11.2. The molecule has 3 rings (SSSR count). The molecule has 2 heterocycles. The van der Waals surface area contributed by atoms with Crippen LogP contribution in [-0.4, -0.2) is 52.7 Å². The number of piperidine rings is 1. The molecule has 6 heteroatoms.